The Kier molecular flexibility index (Phi) is 5.83. The van der Waals surface area contributed by atoms with E-state index >= 15 is 0 Å². The molecule has 0 saturated carbocycles. The molecule has 2 amide bonds. The second-order valence-electron chi connectivity index (χ2n) is 8.08. The molecule has 0 radical (unpaired) electrons. The number of carbonyl (C=O) groups is 2. The smallest absolute Gasteiger partial charge is 0.259 e. The number of imide groups is 1. The van der Waals surface area contributed by atoms with E-state index in [0.717, 1.165) is 63.9 Å². The molecule has 3 N–H and O–H groups in total. The van der Waals surface area contributed by atoms with Crippen molar-refractivity contribution in [1.29, 1.82) is 0 Å². The molecule has 5 rings (SSSR count). The number of rotatable bonds is 8. The van der Waals surface area contributed by atoms with Gasteiger partial charge < -0.3 is 14.9 Å². The maximum atomic E-state index is 13.2. The van der Waals surface area contributed by atoms with Gasteiger partial charge in [-0.15, -0.1) is 11.8 Å². The highest BCUT2D eigenvalue weighted by atomic mass is 32.2. The van der Waals surface area contributed by atoms with Gasteiger partial charge in [0.15, 0.2) is 0 Å². The molecule has 3 heterocycles. The number of nitrogens with one attached hydrogen (secondary N) is 3. The molecule has 1 aliphatic heterocycles. The zero-order valence-electron chi connectivity index (χ0n) is 18.7. The van der Waals surface area contributed by atoms with Crippen molar-refractivity contribution in [1.82, 2.24) is 20.2 Å². The Hall–Kier alpha value is -3.29. The molecular weight excluding hydrogens is 432 g/mol. The number of nitrogens with zero attached hydrogens (tertiary/aromatic N) is 1. The van der Waals surface area contributed by atoms with Gasteiger partial charge >= 0.3 is 0 Å². The molecule has 0 atom stereocenters. The average Bonchev–Trinajstić information content (AvgIpc) is 3.49. The highest BCUT2D eigenvalue weighted by molar-refractivity contribution is 7.98. The van der Waals surface area contributed by atoms with Crippen LogP contribution in [0.4, 0.5) is 0 Å². The average molecular weight is 459 g/mol. The lowest BCUT2D eigenvalue weighted by atomic mass is 9.95. The minimum Gasteiger partial charge on any atom is -0.361 e. The number of hydrogen-bond acceptors (Lipinski definition) is 4. The Bertz CT molecular complexity index is 1410. The van der Waals surface area contributed by atoms with Gasteiger partial charge in [0, 0.05) is 56.8 Å². The molecule has 4 aromatic rings. The number of aryl methyl sites for hydroxylation is 1. The molecule has 6 nitrogen and oxygen atoms in total. The third-order valence-corrected chi connectivity index (χ3v) is 6.93. The first-order valence-corrected chi connectivity index (χ1v) is 12.4. The SMILES string of the molecule is CCNCCCn1cc(C2=C(c3c[nH]c4ccccc34)C(=O)NC2=O)c2c(SC)cccc21. The van der Waals surface area contributed by atoms with Gasteiger partial charge in [0.2, 0.25) is 0 Å². The summed E-state index contributed by atoms with van der Waals surface area (Å²) in [6.07, 6.45) is 6.87. The van der Waals surface area contributed by atoms with Crippen molar-refractivity contribution < 1.29 is 9.59 Å². The van der Waals surface area contributed by atoms with E-state index in [-0.39, 0.29) is 11.8 Å². The summed E-state index contributed by atoms with van der Waals surface area (Å²) >= 11 is 1.65. The van der Waals surface area contributed by atoms with Crippen molar-refractivity contribution >= 4 is 56.5 Å². The summed E-state index contributed by atoms with van der Waals surface area (Å²) in [5, 5.41) is 7.86. The number of hydrogen-bond donors (Lipinski definition) is 3. The molecule has 7 heteroatoms. The van der Waals surface area contributed by atoms with E-state index < -0.39 is 0 Å². The molecule has 33 heavy (non-hydrogen) atoms. The minimum absolute atomic E-state index is 0.345. The van der Waals surface area contributed by atoms with Crippen molar-refractivity contribution in [2.45, 2.75) is 24.8 Å². The summed E-state index contributed by atoms with van der Waals surface area (Å²) in [6, 6.07) is 14.0. The van der Waals surface area contributed by atoms with Crippen molar-refractivity contribution in [2.75, 3.05) is 19.3 Å². The minimum atomic E-state index is -0.352. The molecule has 2 aromatic carbocycles. The van der Waals surface area contributed by atoms with E-state index in [1.165, 1.54) is 0 Å². The Morgan fingerprint density at radius 2 is 1.79 bits per heavy atom. The normalized spacial score (nSPS) is 14.1. The zero-order valence-corrected chi connectivity index (χ0v) is 19.5. The maximum absolute atomic E-state index is 13.2. The van der Waals surface area contributed by atoms with Gasteiger partial charge in [-0.05, 0) is 44.0 Å². The summed E-state index contributed by atoms with van der Waals surface area (Å²) in [4.78, 5) is 30.5. The highest BCUT2D eigenvalue weighted by Gasteiger charge is 2.35. The third kappa shape index (κ3) is 3.67. The monoisotopic (exact) mass is 458 g/mol. The lowest BCUT2D eigenvalue weighted by molar-refractivity contribution is -0.122. The first kappa shape index (κ1) is 21.6. The standard InChI is InChI=1S/C26H26N4O2S/c1-3-27-12-7-13-30-15-18(22-20(30)10-6-11-21(22)33-2)24-23(25(31)29-26(24)32)17-14-28-19-9-5-4-8-16(17)19/h4-6,8-11,14-15,27-28H,3,7,12-13H2,1-2H3,(H,29,31,32). The zero-order chi connectivity index (χ0) is 22.9. The number of benzene rings is 2. The summed E-state index contributed by atoms with van der Waals surface area (Å²) in [7, 11) is 0. The van der Waals surface area contributed by atoms with Crippen molar-refractivity contribution in [3.8, 4) is 0 Å². The first-order chi connectivity index (χ1) is 16.1. The summed E-state index contributed by atoms with van der Waals surface area (Å²) in [5.41, 5.74) is 4.44. The number of H-pyrrole nitrogens is 1. The van der Waals surface area contributed by atoms with Crippen LogP contribution in [0.3, 0.4) is 0 Å². The fraction of sp³-hybridized carbons (Fsp3) is 0.231. The van der Waals surface area contributed by atoms with Gasteiger partial charge in [0.1, 0.15) is 0 Å². The van der Waals surface area contributed by atoms with Gasteiger partial charge in [-0.2, -0.15) is 0 Å². The molecular formula is C26H26N4O2S. The van der Waals surface area contributed by atoms with Crippen molar-refractivity contribution in [3.05, 3.63) is 66.0 Å². The van der Waals surface area contributed by atoms with Gasteiger partial charge in [-0.1, -0.05) is 31.2 Å². The van der Waals surface area contributed by atoms with Crippen LogP contribution in [-0.2, 0) is 16.1 Å². The molecule has 168 valence electrons. The largest absolute Gasteiger partial charge is 0.361 e. The Labute approximate surface area is 196 Å². The predicted molar refractivity (Wildman–Crippen MR) is 135 cm³/mol. The predicted octanol–water partition coefficient (Wildman–Crippen LogP) is 4.41. The Balaban J connectivity index is 1.74. The van der Waals surface area contributed by atoms with E-state index in [9.17, 15) is 9.59 Å². The number of aromatic amines is 1. The number of para-hydroxylation sites is 1. The van der Waals surface area contributed by atoms with E-state index in [1.54, 1.807) is 11.8 Å². The molecule has 0 spiro atoms. The fourth-order valence-corrected chi connectivity index (χ4v) is 5.30. The van der Waals surface area contributed by atoms with Gasteiger partial charge in [0.05, 0.1) is 11.1 Å². The first-order valence-electron chi connectivity index (χ1n) is 11.2. The van der Waals surface area contributed by atoms with Gasteiger partial charge in [-0.3, -0.25) is 14.9 Å². The van der Waals surface area contributed by atoms with Crippen LogP contribution in [-0.4, -0.2) is 40.7 Å². The van der Waals surface area contributed by atoms with Crippen LogP contribution in [0.2, 0.25) is 0 Å². The van der Waals surface area contributed by atoms with Crippen LogP contribution in [0, 0.1) is 0 Å². The molecule has 2 aromatic heterocycles. The molecule has 0 unspecified atom stereocenters. The van der Waals surface area contributed by atoms with Crippen molar-refractivity contribution in [2.24, 2.45) is 0 Å². The number of fused-ring (bicyclic) bond motifs is 2. The van der Waals surface area contributed by atoms with Gasteiger partial charge in [0.25, 0.3) is 11.8 Å². The second kappa shape index (κ2) is 8.92. The fourth-order valence-electron chi connectivity index (χ4n) is 4.66. The van der Waals surface area contributed by atoms with E-state index in [0.29, 0.717) is 11.1 Å². The van der Waals surface area contributed by atoms with E-state index in [1.807, 2.05) is 49.0 Å². The van der Waals surface area contributed by atoms with E-state index in [2.05, 4.69) is 39.2 Å². The molecule has 0 fully saturated rings. The van der Waals surface area contributed by atoms with Crippen LogP contribution >= 0.6 is 11.8 Å². The van der Waals surface area contributed by atoms with Crippen LogP contribution in [0.25, 0.3) is 33.0 Å². The number of carbonyl (C=O) groups excluding carboxylic acids is 2. The topological polar surface area (TPSA) is 78.9 Å². The van der Waals surface area contributed by atoms with Crippen LogP contribution in [0.1, 0.15) is 24.5 Å². The lowest BCUT2D eigenvalue weighted by Crippen LogP contribution is -2.22. The third-order valence-electron chi connectivity index (χ3n) is 6.15. The molecule has 0 bridgehead atoms. The van der Waals surface area contributed by atoms with Gasteiger partial charge in [-0.25, -0.2) is 0 Å². The Morgan fingerprint density at radius 1 is 1.00 bits per heavy atom. The summed E-state index contributed by atoms with van der Waals surface area (Å²) in [5.74, 6) is -0.697. The van der Waals surface area contributed by atoms with Crippen LogP contribution in [0.15, 0.2) is 59.8 Å². The number of amides is 2. The van der Waals surface area contributed by atoms with Crippen LogP contribution < -0.4 is 10.6 Å². The second-order valence-corrected chi connectivity index (χ2v) is 8.93. The maximum Gasteiger partial charge on any atom is 0.259 e. The number of aromatic nitrogens is 2. The molecule has 1 aliphatic rings. The summed E-state index contributed by atoms with van der Waals surface area (Å²) in [6.45, 7) is 4.79. The molecule has 0 aliphatic carbocycles. The quantitative estimate of drug-likeness (QED) is 0.208. The Morgan fingerprint density at radius 3 is 2.58 bits per heavy atom. The lowest BCUT2D eigenvalue weighted by Gasteiger charge is -2.07. The van der Waals surface area contributed by atoms with Crippen molar-refractivity contribution in [3.63, 3.8) is 0 Å². The number of thioether (sulfide) groups is 1. The summed E-state index contributed by atoms with van der Waals surface area (Å²) < 4.78 is 2.21. The molecule has 0 saturated heterocycles. The van der Waals surface area contributed by atoms with E-state index in [4.69, 9.17) is 0 Å². The highest BCUT2D eigenvalue weighted by Crippen LogP contribution is 2.40. The van der Waals surface area contributed by atoms with Crippen LogP contribution in [0.5, 0.6) is 0 Å².